The molecule has 0 aromatic heterocycles. The summed E-state index contributed by atoms with van der Waals surface area (Å²) in [4.78, 5) is 0. The van der Waals surface area contributed by atoms with Gasteiger partial charge in [-0.3, -0.25) is 5.01 Å². The smallest absolute Gasteiger partial charge is 0.0866 e. The molecule has 0 saturated heterocycles. The molecule has 106 valence electrons. The Morgan fingerprint density at radius 2 is 1.89 bits per heavy atom. The lowest BCUT2D eigenvalue weighted by Crippen LogP contribution is -2.42. The van der Waals surface area contributed by atoms with Crippen LogP contribution in [-0.2, 0) is 0 Å². The van der Waals surface area contributed by atoms with Crippen LogP contribution >= 0.6 is 0 Å². The first kappa shape index (κ1) is 15.5. The molecule has 3 heteroatoms. The van der Waals surface area contributed by atoms with Crippen LogP contribution in [0.4, 0.5) is 0 Å². The summed E-state index contributed by atoms with van der Waals surface area (Å²) in [5.74, 6) is 0.772. The van der Waals surface area contributed by atoms with Crippen molar-refractivity contribution in [3.05, 3.63) is 0 Å². The van der Waals surface area contributed by atoms with Crippen LogP contribution in [0.25, 0.3) is 0 Å². The molecule has 0 N–H and O–H groups in total. The number of nitrogens with zero attached hydrogens (tertiary/aromatic N) is 3. The zero-order chi connectivity index (χ0) is 13.4. The maximum Gasteiger partial charge on any atom is 0.0866 e. The molecule has 0 aromatic rings. The molecule has 0 aromatic carbocycles. The summed E-state index contributed by atoms with van der Waals surface area (Å²) in [5.41, 5.74) is 0.190. The summed E-state index contributed by atoms with van der Waals surface area (Å²) in [5, 5.41) is 10.9. The van der Waals surface area contributed by atoms with Crippen molar-refractivity contribution < 1.29 is 0 Å². The first-order valence-corrected chi connectivity index (χ1v) is 7.73. The SMILES string of the molecule is CCCCCCCN1N=NCC1(C)CCC(C)C. The molecule has 0 saturated carbocycles. The Hall–Kier alpha value is -0.600. The lowest BCUT2D eigenvalue weighted by molar-refractivity contribution is 0.125. The van der Waals surface area contributed by atoms with Crippen molar-refractivity contribution in [1.29, 1.82) is 0 Å². The average molecular weight is 253 g/mol. The molecule has 1 aliphatic rings. The van der Waals surface area contributed by atoms with Crippen LogP contribution in [0.1, 0.15) is 72.6 Å². The van der Waals surface area contributed by atoms with E-state index < -0.39 is 0 Å². The minimum atomic E-state index is 0.190. The summed E-state index contributed by atoms with van der Waals surface area (Å²) in [6.07, 6.45) is 9.13. The number of hydrogen-bond donors (Lipinski definition) is 0. The van der Waals surface area contributed by atoms with Gasteiger partial charge in [0.15, 0.2) is 0 Å². The second-order valence-electron chi connectivity index (χ2n) is 6.36. The van der Waals surface area contributed by atoms with Gasteiger partial charge in [-0.2, -0.15) is 5.11 Å². The summed E-state index contributed by atoms with van der Waals surface area (Å²) in [7, 11) is 0. The highest BCUT2D eigenvalue weighted by Gasteiger charge is 2.34. The van der Waals surface area contributed by atoms with Crippen LogP contribution < -0.4 is 0 Å². The van der Waals surface area contributed by atoms with Gasteiger partial charge in [-0.15, -0.1) is 0 Å². The normalized spacial score (nSPS) is 23.3. The third-order valence-corrected chi connectivity index (χ3v) is 3.94. The van der Waals surface area contributed by atoms with Crippen molar-refractivity contribution in [3.63, 3.8) is 0 Å². The Labute approximate surface area is 113 Å². The van der Waals surface area contributed by atoms with Gasteiger partial charge in [0.05, 0.1) is 12.1 Å². The van der Waals surface area contributed by atoms with E-state index in [0.29, 0.717) is 0 Å². The predicted octanol–water partition coefficient (Wildman–Crippen LogP) is 4.83. The second kappa shape index (κ2) is 7.75. The third-order valence-electron chi connectivity index (χ3n) is 3.94. The van der Waals surface area contributed by atoms with Crippen LogP contribution in [0.5, 0.6) is 0 Å². The van der Waals surface area contributed by atoms with Crippen LogP contribution in [0.2, 0.25) is 0 Å². The van der Waals surface area contributed by atoms with Crippen LogP contribution in [0.15, 0.2) is 10.3 Å². The second-order valence-corrected chi connectivity index (χ2v) is 6.36. The molecule has 1 unspecified atom stereocenters. The Morgan fingerprint density at radius 3 is 2.56 bits per heavy atom. The first-order valence-electron chi connectivity index (χ1n) is 7.73. The van der Waals surface area contributed by atoms with Gasteiger partial charge in [0, 0.05) is 6.54 Å². The summed E-state index contributed by atoms with van der Waals surface area (Å²) in [6, 6.07) is 0. The molecular formula is C15H31N3. The average Bonchev–Trinajstić information content (AvgIpc) is 2.69. The zero-order valence-corrected chi connectivity index (χ0v) is 12.8. The van der Waals surface area contributed by atoms with Gasteiger partial charge in [-0.1, -0.05) is 51.7 Å². The van der Waals surface area contributed by atoms with E-state index in [9.17, 15) is 0 Å². The third kappa shape index (κ3) is 4.95. The van der Waals surface area contributed by atoms with Crippen LogP contribution in [0.3, 0.4) is 0 Å². The van der Waals surface area contributed by atoms with Crippen molar-refractivity contribution in [3.8, 4) is 0 Å². The minimum absolute atomic E-state index is 0.190. The van der Waals surface area contributed by atoms with Crippen LogP contribution in [-0.4, -0.2) is 23.6 Å². The topological polar surface area (TPSA) is 28.0 Å². The van der Waals surface area contributed by atoms with Gasteiger partial charge in [-0.25, -0.2) is 0 Å². The fourth-order valence-corrected chi connectivity index (χ4v) is 2.44. The van der Waals surface area contributed by atoms with Gasteiger partial charge >= 0.3 is 0 Å². The lowest BCUT2D eigenvalue weighted by atomic mass is 9.91. The van der Waals surface area contributed by atoms with Crippen molar-refractivity contribution in [2.75, 3.05) is 13.1 Å². The fourth-order valence-electron chi connectivity index (χ4n) is 2.44. The highest BCUT2D eigenvalue weighted by Crippen LogP contribution is 2.29. The molecule has 0 spiro atoms. The quantitative estimate of drug-likeness (QED) is 0.541. The van der Waals surface area contributed by atoms with Crippen LogP contribution in [0, 0.1) is 5.92 Å². The standard InChI is InChI=1S/C15H31N3/c1-5-6-7-8-9-12-18-15(4,13-16-17-18)11-10-14(2)3/h14H,5-13H2,1-4H3. The van der Waals surface area contributed by atoms with Gasteiger partial charge in [0.1, 0.15) is 0 Å². The molecular weight excluding hydrogens is 222 g/mol. The van der Waals surface area contributed by atoms with E-state index in [0.717, 1.165) is 19.0 Å². The van der Waals surface area contributed by atoms with E-state index >= 15 is 0 Å². The van der Waals surface area contributed by atoms with Gasteiger partial charge in [0.2, 0.25) is 0 Å². The fraction of sp³-hybridized carbons (Fsp3) is 1.00. The number of unbranched alkanes of at least 4 members (excludes halogenated alkanes) is 4. The first-order chi connectivity index (χ1) is 8.58. The molecule has 0 bridgehead atoms. The largest absolute Gasteiger partial charge is 0.271 e. The molecule has 1 rings (SSSR count). The van der Waals surface area contributed by atoms with E-state index in [-0.39, 0.29) is 5.54 Å². The molecule has 18 heavy (non-hydrogen) atoms. The van der Waals surface area contributed by atoms with E-state index in [1.165, 1.54) is 44.9 Å². The maximum atomic E-state index is 4.34. The molecule has 1 heterocycles. The lowest BCUT2D eigenvalue weighted by Gasteiger charge is -2.33. The number of hydrogen-bond acceptors (Lipinski definition) is 3. The van der Waals surface area contributed by atoms with E-state index in [2.05, 4.69) is 43.0 Å². The van der Waals surface area contributed by atoms with E-state index in [1.807, 2.05) is 0 Å². The van der Waals surface area contributed by atoms with Crippen molar-refractivity contribution in [1.82, 2.24) is 5.01 Å². The highest BCUT2D eigenvalue weighted by atomic mass is 15.6. The molecule has 0 aliphatic carbocycles. The minimum Gasteiger partial charge on any atom is -0.271 e. The summed E-state index contributed by atoms with van der Waals surface area (Å²) < 4.78 is 0. The summed E-state index contributed by atoms with van der Waals surface area (Å²) >= 11 is 0. The van der Waals surface area contributed by atoms with Crippen molar-refractivity contribution in [2.45, 2.75) is 78.2 Å². The molecule has 1 aliphatic heterocycles. The molecule has 0 fully saturated rings. The zero-order valence-electron chi connectivity index (χ0n) is 12.8. The van der Waals surface area contributed by atoms with E-state index in [4.69, 9.17) is 0 Å². The summed E-state index contributed by atoms with van der Waals surface area (Å²) in [6.45, 7) is 11.1. The van der Waals surface area contributed by atoms with Crippen molar-refractivity contribution >= 4 is 0 Å². The Balaban J connectivity index is 2.27. The monoisotopic (exact) mass is 253 g/mol. The predicted molar refractivity (Wildman–Crippen MR) is 77.7 cm³/mol. The Bertz CT molecular complexity index is 250. The van der Waals surface area contributed by atoms with Gasteiger partial charge < -0.3 is 0 Å². The van der Waals surface area contributed by atoms with Gasteiger partial charge in [-0.05, 0) is 32.1 Å². The van der Waals surface area contributed by atoms with Gasteiger partial charge in [0.25, 0.3) is 0 Å². The van der Waals surface area contributed by atoms with Crippen molar-refractivity contribution in [2.24, 2.45) is 16.3 Å². The Morgan fingerprint density at radius 1 is 1.17 bits per heavy atom. The molecule has 0 amide bonds. The molecule has 1 atom stereocenters. The molecule has 3 nitrogen and oxygen atoms in total. The van der Waals surface area contributed by atoms with E-state index in [1.54, 1.807) is 0 Å². The maximum absolute atomic E-state index is 4.34. The Kier molecular flexibility index (Phi) is 6.66. The highest BCUT2D eigenvalue weighted by molar-refractivity contribution is 4.89. The molecule has 0 radical (unpaired) electrons. The number of rotatable bonds is 9.